The summed E-state index contributed by atoms with van der Waals surface area (Å²) in [6, 6.07) is 0.662. The first-order chi connectivity index (χ1) is 8.29. The molecule has 1 aromatic heterocycles. The number of hydrogen-bond acceptors (Lipinski definition) is 5. The molecule has 0 aromatic carbocycles. The molecule has 1 saturated heterocycles. The van der Waals surface area contributed by atoms with Crippen LogP contribution in [-0.4, -0.2) is 40.7 Å². The Morgan fingerprint density at radius 3 is 2.76 bits per heavy atom. The number of piperidine rings is 1. The quantitative estimate of drug-likeness (QED) is 0.839. The van der Waals surface area contributed by atoms with Crippen molar-refractivity contribution in [2.45, 2.75) is 45.7 Å². The highest BCUT2D eigenvalue weighted by atomic mass is 16.5. The van der Waals surface area contributed by atoms with E-state index in [4.69, 9.17) is 4.52 Å². The number of hydrogen-bond donors (Lipinski definition) is 1. The number of nitrogens with one attached hydrogen (secondary N) is 1. The molecule has 0 unspecified atom stereocenters. The maximum Gasteiger partial charge on any atom is 0.223 e. The van der Waals surface area contributed by atoms with Crippen LogP contribution in [0.25, 0.3) is 0 Å². The van der Waals surface area contributed by atoms with Crippen molar-refractivity contribution in [2.75, 3.05) is 19.6 Å². The lowest BCUT2D eigenvalue weighted by Crippen LogP contribution is -2.43. The van der Waals surface area contributed by atoms with Crippen LogP contribution in [0.1, 0.15) is 37.9 Å². The molecule has 17 heavy (non-hydrogen) atoms. The Morgan fingerprint density at radius 2 is 2.18 bits per heavy atom. The summed E-state index contributed by atoms with van der Waals surface area (Å²) < 4.78 is 5.03. The maximum atomic E-state index is 5.03. The van der Waals surface area contributed by atoms with Crippen LogP contribution in [0.4, 0.5) is 0 Å². The van der Waals surface area contributed by atoms with E-state index in [1.807, 2.05) is 6.92 Å². The van der Waals surface area contributed by atoms with Crippen molar-refractivity contribution in [1.82, 2.24) is 20.4 Å². The fourth-order valence-corrected chi connectivity index (χ4v) is 2.44. The van der Waals surface area contributed by atoms with Crippen LogP contribution in [0, 0.1) is 6.92 Å². The van der Waals surface area contributed by atoms with Gasteiger partial charge in [-0.1, -0.05) is 12.1 Å². The number of aromatic nitrogens is 2. The van der Waals surface area contributed by atoms with E-state index in [1.54, 1.807) is 0 Å². The standard InChI is InChI=1S/C12H22N4O/c1-3-8-16(11-4-6-13-7-5-11)9-12-14-10(2)17-15-12/h11,13H,3-9H2,1-2H3. The molecule has 1 aliphatic rings. The first-order valence-electron chi connectivity index (χ1n) is 6.53. The van der Waals surface area contributed by atoms with Crippen LogP contribution >= 0.6 is 0 Å². The van der Waals surface area contributed by atoms with Gasteiger partial charge in [0.2, 0.25) is 5.89 Å². The van der Waals surface area contributed by atoms with Crippen LogP contribution in [0.15, 0.2) is 4.52 Å². The lowest BCUT2D eigenvalue weighted by molar-refractivity contribution is 0.149. The number of rotatable bonds is 5. The smallest absolute Gasteiger partial charge is 0.223 e. The highest BCUT2D eigenvalue weighted by Crippen LogP contribution is 2.14. The molecule has 5 nitrogen and oxygen atoms in total. The van der Waals surface area contributed by atoms with Crippen LogP contribution in [0.3, 0.4) is 0 Å². The molecule has 1 N–H and O–H groups in total. The summed E-state index contributed by atoms with van der Waals surface area (Å²) in [5.74, 6) is 1.47. The fraction of sp³-hybridized carbons (Fsp3) is 0.833. The van der Waals surface area contributed by atoms with Gasteiger partial charge in [0.05, 0.1) is 6.54 Å². The third-order valence-corrected chi connectivity index (χ3v) is 3.25. The third-order valence-electron chi connectivity index (χ3n) is 3.25. The molecule has 5 heteroatoms. The zero-order chi connectivity index (χ0) is 12.1. The summed E-state index contributed by atoms with van der Waals surface area (Å²) in [6.45, 7) is 8.22. The molecule has 0 aliphatic carbocycles. The van der Waals surface area contributed by atoms with Crippen molar-refractivity contribution in [3.8, 4) is 0 Å². The normalized spacial score (nSPS) is 17.8. The average molecular weight is 238 g/mol. The predicted molar refractivity (Wildman–Crippen MR) is 65.6 cm³/mol. The third kappa shape index (κ3) is 3.51. The van der Waals surface area contributed by atoms with Crippen molar-refractivity contribution in [3.63, 3.8) is 0 Å². The molecule has 1 aromatic rings. The summed E-state index contributed by atoms with van der Waals surface area (Å²) >= 11 is 0. The van der Waals surface area contributed by atoms with Gasteiger partial charge in [-0.25, -0.2) is 0 Å². The molecule has 0 radical (unpaired) electrons. The van der Waals surface area contributed by atoms with Gasteiger partial charge in [0.1, 0.15) is 0 Å². The molecular formula is C12H22N4O. The van der Waals surface area contributed by atoms with Gasteiger partial charge in [-0.05, 0) is 38.9 Å². The molecule has 2 heterocycles. The Balaban J connectivity index is 1.95. The second-order valence-electron chi connectivity index (χ2n) is 4.68. The molecule has 0 bridgehead atoms. The van der Waals surface area contributed by atoms with Crippen molar-refractivity contribution in [1.29, 1.82) is 0 Å². The molecule has 2 rings (SSSR count). The van der Waals surface area contributed by atoms with E-state index < -0.39 is 0 Å². The van der Waals surface area contributed by atoms with E-state index in [2.05, 4.69) is 27.3 Å². The Labute approximate surface area is 103 Å². The lowest BCUT2D eigenvalue weighted by Gasteiger charge is -2.33. The van der Waals surface area contributed by atoms with Gasteiger partial charge < -0.3 is 9.84 Å². The van der Waals surface area contributed by atoms with Gasteiger partial charge in [0.15, 0.2) is 5.82 Å². The number of aryl methyl sites for hydroxylation is 1. The van der Waals surface area contributed by atoms with E-state index in [-0.39, 0.29) is 0 Å². The average Bonchev–Trinajstić information content (AvgIpc) is 2.75. The SMILES string of the molecule is CCCN(Cc1noc(C)n1)C1CCNCC1. The highest BCUT2D eigenvalue weighted by molar-refractivity contribution is 4.87. The van der Waals surface area contributed by atoms with Crippen LogP contribution < -0.4 is 5.32 Å². The summed E-state index contributed by atoms with van der Waals surface area (Å²) in [6.07, 6.45) is 3.61. The van der Waals surface area contributed by atoms with Gasteiger partial charge in [-0.15, -0.1) is 0 Å². The van der Waals surface area contributed by atoms with Gasteiger partial charge in [0, 0.05) is 13.0 Å². The topological polar surface area (TPSA) is 54.2 Å². The lowest BCUT2D eigenvalue weighted by atomic mass is 10.0. The van der Waals surface area contributed by atoms with E-state index in [0.29, 0.717) is 11.9 Å². The van der Waals surface area contributed by atoms with Gasteiger partial charge in [-0.3, -0.25) is 4.90 Å². The monoisotopic (exact) mass is 238 g/mol. The highest BCUT2D eigenvalue weighted by Gasteiger charge is 2.21. The largest absolute Gasteiger partial charge is 0.340 e. The van der Waals surface area contributed by atoms with Gasteiger partial charge in [-0.2, -0.15) is 4.98 Å². The van der Waals surface area contributed by atoms with Crippen molar-refractivity contribution in [2.24, 2.45) is 0 Å². The summed E-state index contributed by atoms with van der Waals surface area (Å²) in [7, 11) is 0. The summed E-state index contributed by atoms with van der Waals surface area (Å²) in [4.78, 5) is 6.78. The molecular weight excluding hydrogens is 216 g/mol. The van der Waals surface area contributed by atoms with Crippen molar-refractivity contribution >= 4 is 0 Å². The minimum absolute atomic E-state index is 0.654. The van der Waals surface area contributed by atoms with Crippen LogP contribution in [0.2, 0.25) is 0 Å². The Kier molecular flexibility index (Phi) is 4.50. The fourth-order valence-electron chi connectivity index (χ4n) is 2.44. The van der Waals surface area contributed by atoms with E-state index in [1.165, 1.54) is 19.3 Å². The molecule has 1 fully saturated rings. The minimum Gasteiger partial charge on any atom is -0.340 e. The molecule has 0 spiro atoms. The Morgan fingerprint density at radius 1 is 1.41 bits per heavy atom. The van der Waals surface area contributed by atoms with E-state index >= 15 is 0 Å². The molecule has 0 amide bonds. The van der Waals surface area contributed by atoms with Crippen molar-refractivity contribution < 1.29 is 4.52 Å². The predicted octanol–water partition coefficient (Wildman–Crippen LogP) is 1.34. The first kappa shape index (κ1) is 12.5. The first-order valence-corrected chi connectivity index (χ1v) is 6.53. The summed E-state index contributed by atoms with van der Waals surface area (Å²) in [5.41, 5.74) is 0. The Hall–Kier alpha value is -0.940. The second-order valence-corrected chi connectivity index (χ2v) is 4.68. The molecule has 0 atom stereocenters. The molecule has 1 aliphatic heterocycles. The minimum atomic E-state index is 0.654. The number of nitrogens with zero attached hydrogens (tertiary/aromatic N) is 3. The van der Waals surface area contributed by atoms with E-state index in [9.17, 15) is 0 Å². The van der Waals surface area contributed by atoms with E-state index in [0.717, 1.165) is 32.0 Å². The summed E-state index contributed by atoms with van der Waals surface area (Å²) in [5, 5.41) is 7.39. The van der Waals surface area contributed by atoms with Gasteiger partial charge in [0.25, 0.3) is 0 Å². The molecule has 0 saturated carbocycles. The zero-order valence-electron chi connectivity index (χ0n) is 10.8. The zero-order valence-corrected chi connectivity index (χ0v) is 10.8. The van der Waals surface area contributed by atoms with Gasteiger partial charge >= 0.3 is 0 Å². The molecule has 96 valence electrons. The van der Waals surface area contributed by atoms with Crippen LogP contribution in [-0.2, 0) is 6.54 Å². The van der Waals surface area contributed by atoms with Crippen LogP contribution in [0.5, 0.6) is 0 Å². The maximum absolute atomic E-state index is 5.03. The van der Waals surface area contributed by atoms with Crippen molar-refractivity contribution in [3.05, 3.63) is 11.7 Å². The Bertz CT molecular complexity index is 333. The second kappa shape index (κ2) is 6.12.